The first-order chi connectivity index (χ1) is 10.6. The molecule has 0 aliphatic rings. The van der Waals surface area contributed by atoms with Gasteiger partial charge in [0.15, 0.2) is 0 Å². The van der Waals surface area contributed by atoms with Crippen LogP contribution in [0, 0.1) is 0 Å². The summed E-state index contributed by atoms with van der Waals surface area (Å²) >= 11 is 5.95. The van der Waals surface area contributed by atoms with Crippen LogP contribution in [0.5, 0.6) is 5.75 Å². The van der Waals surface area contributed by atoms with E-state index in [0.717, 1.165) is 12.2 Å². The van der Waals surface area contributed by atoms with Crippen LogP contribution in [-0.2, 0) is 0 Å². The quantitative estimate of drug-likeness (QED) is 0.782. The molecule has 0 amide bonds. The van der Waals surface area contributed by atoms with Crippen molar-refractivity contribution < 1.29 is 4.74 Å². The van der Waals surface area contributed by atoms with Gasteiger partial charge in [0.2, 0.25) is 0 Å². The molecule has 0 bridgehead atoms. The van der Waals surface area contributed by atoms with E-state index in [9.17, 15) is 0 Å². The maximum absolute atomic E-state index is 5.95. The summed E-state index contributed by atoms with van der Waals surface area (Å²) in [6.45, 7) is 5.66. The first-order valence-corrected chi connectivity index (χ1v) is 8.16. The van der Waals surface area contributed by atoms with Crippen LogP contribution in [0.15, 0.2) is 48.5 Å². The normalized spacial score (nSPS) is 12.4. The second kappa shape index (κ2) is 8.21. The molecule has 2 nitrogen and oxygen atoms in total. The molecule has 0 radical (unpaired) electrons. The van der Waals surface area contributed by atoms with Crippen molar-refractivity contribution in [3.63, 3.8) is 0 Å². The molecule has 1 atom stereocenters. The maximum Gasteiger partial charge on any atom is 0.120 e. The van der Waals surface area contributed by atoms with Gasteiger partial charge in [0.1, 0.15) is 5.75 Å². The van der Waals surface area contributed by atoms with Gasteiger partial charge >= 0.3 is 0 Å². The number of halogens is 1. The molecular formula is C19H24ClNO. The molecular weight excluding hydrogens is 294 g/mol. The Morgan fingerprint density at radius 3 is 2.32 bits per heavy atom. The molecule has 0 fully saturated rings. The van der Waals surface area contributed by atoms with E-state index in [0.29, 0.717) is 30.0 Å². The van der Waals surface area contributed by atoms with Gasteiger partial charge in [-0.05, 0) is 54.1 Å². The van der Waals surface area contributed by atoms with Crippen molar-refractivity contribution in [2.45, 2.75) is 32.1 Å². The Labute approximate surface area is 138 Å². The molecule has 2 N–H and O–H groups in total. The van der Waals surface area contributed by atoms with Crippen LogP contribution in [0.3, 0.4) is 0 Å². The minimum absolute atomic E-state index is 0.320. The summed E-state index contributed by atoms with van der Waals surface area (Å²) in [6, 6.07) is 16.2. The first kappa shape index (κ1) is 16.9. The Balaban J connectivity index is 1.91. The Bertz CT molecular complexity index is 580. The number of ether oxygens (including phenoxy) is 1. The van der Waals surface area contributed by atoms with Crippen LogP contribution >= 0.6 is 11.6 Å². The Morgan fingerprint density at radius 2 is 1.73 bits per heavy atom. The molecule has 0 aliphatic carbocycles. The Kier molecular flexibility index (Phi) is 6.29. The van der Waals surface area contributed by atoms with Crippen LogP contribution < -0.4 is 10.5 Å². The van der Waals surface area contributed by atoms with E-state index in [2.05, 4.69) is 38.1 Å². The predicted octanol–water partition coefficient (Wildman–Crippen LogP) is 4.97. The Morgan fingerprint density at radius 1 is 1.05 bits per heavy atom. The van der Waals surface area contributed by atoms with Crippen molar-refractivity contribution in [3.05, 3.63) is 64.7 Å². The summed E-state index contributed by atoms with van der Waals surface area (Å²) in [6.07, 6.45) is 0.893. The van der Waals surface area contributed by atoms with Gasteiger partial charge in [-0.15, -0.1) is 0 Å². The molecule has 2 aromatic carbocycles. The molecule has 0 saturated heterocycles. The molecule has 2 rings (SSSR count). The number of benzene rings is 2. The lowest BCUT2D eigenvalue weighted by molar-refractivity contribution is 0.298. The van der Waals surface area contributed by atoms with Gasteiger partial charge in [-0.25, -0.2) is 0 Å². The Hall–Kier alpha value is -1.51. The fourth-order valence-electron chi connectivity index (χ4n) is 2.45. The van der Waals surface area contributed by atoms with Gasteiger partial charge in [-0.2, -0.15) is 0 Å². The van der Waals surface area contributed by atoms with E-state index >= 15 is 0 Å². The van der Waals surface area contributed by atoms with E-state index in [-0.39, 0.29) is 0 Å². The van der Waals surface area contributed by atoms with E-state index in [4.69, 9.17) is 22.1 Å². The number of nitrogens with two attached hydrogens (primary N) is 1. The molecule has 22 heavy (non-hydrogen) atoms. The lowest BCUT2D eigenvalue weighted by atomic mass is 9.93. The van der Waals surface area contributed by atoms with Crippen molar-refractivity contribution in [2.75, 3.05) is 13.2 Å². The van der Waals surface area contributed by atoms with Crippen molar-refractivity contribution in [1.82, 2.24) is 0 Å². The molecule has 0 spiro atoms. The monoisotopic (exact) mass is 317 g/mol. The van der Waals surface area contributed by atoms with Gasteiger partial charge in [-0.3, -0.25) is 0 Å². The summed E-state index contributed by atoms with van der Waals surface area (Å²) in [7, 11) is 0. The third-order valence-corrected chi connectivity index (χ3v) is 4.13. The zero-order valence-electron chi connectivity index (χ0n) is 13.3. The molecule has 0 aliphatic heterocycles. The summed E-state index contributed by atoms with van der Waals surface area (Å²) < 4.78 is 5.76. The van der Waals surface area contributed by atoms with Crippen LogP contribution in [0.4, 0.5) is 0 Å². The van der Waals surface area contributed by atoms with Gasteiger partial charge in [0.25, 0.3) is 0 Å². The highest BCUT2D eigenvalue weighted by Gasteiger charge is 2.10. The summed E-state index contributed by atoms with van der Waals surface area (Å²) in [5.74, 6) is 1.68. The predicted molar refractivity (Wildman–Crippen MR) is 93.9 cm³/mol. The van der Waals surface area contributed by atoms with Crippen LogP contribution in [0.2, 0.25) is 5.02 Å². The van der Waals surface area contributed by atoms with Gasteiger partial charge in [0, 0.05) is 5.02 Å². The molecule has 0 aromatic heterocycles. The third-order valence-electron chi connectivity index (χ3n) is 3.89. The molecule has 3 heteroatoms. The average molecular weight is 318 g/mol. The van der Waals surface area contributed by atoms with Crippen molar-refractivity contribution in [3.8, 4) is 5.75 Å². The molecule has 1 unspecified atom stereocenters. The number of rotatable bonds is 7. The topological polar surface area (TPSA) is 35.2 Å². The van der Waals surface area contributed by atoms with Crippen molar-refractivity contribution in [1.29, 1.82) is 0 Å². The smallest absolute Gasteiger partial charge is 0.120 e. The minimum Gasteiger partial charge on any atom is -0.494 e. The van der Waals surface area contributed by atoms with Crippen LogP contribution in [-0.4, -0.2) is 13.2 Å². The van der Waals surface area contributed by atoms with E-state index in [1.807, 2.05) is 24.3 Å². The summed E-state index contributed by atoms with van der Waals surface area (Å²) in [5.41, 5.74) is 8.57. The van der Waals surface area contributed by atoms with Crippen LogP contribution in [0.25, 0.3) is 0 Å². The van der Waals surface area contributed by atoms with Gasteiger partial charge in [0.05, 0.1) is 6.61 Å². The second-order valence-corrected chi connectivity index (χ2v) is 6.28. The van der Waals surface area contributed by atoms with E-state index in [1.54, 1.807) is 0 Å². The number of hydrogen-bond acceptors (Lipinski definition) is 2. The molecule has 118 valence electrons. The zero-order valence-corrected chi connectivity index (χ0v) is 14.0. The van der Waals surface area contributed by atoms with Crippen molar-refractivity contribution in [2.24, 2.45) is 5.73 Å². The summed E-state index contributed by atoms with van der Waals surface area (Å²) in [5, 5.41) is 0.692. The molecule has 0 heterocycles. The largest absolute Gasteiger partial charge is 0.494 e. The third kappa shape index (κ3) is 4.75. The molecule has 2 aromatic rings. The minimum atomic E-state index is 0.320. The van der Waals surface area contributed by atoms with E-state index in [1.165, 1.54) is 11.1 Å². The fourth-order valence-corrected chi connectivity index (χ4v) is 2.63. The van der Waals surface area contributed by atoms with Crippen LogP contribution in [0.1, 0.15) is 43.2 Å². The lowest BCUT2D eigenvalue weighted by Gasteiger charge is -2.17. The van der Waals surface area contributed by atoms with Crippen molar-refractivity contribution >= 4 is 11.6 Å². The highest BCUT2D eigenvalue weighted by atomic mass is 35.5. The standard InChI is InChI=1S/C19H24ClNO/c1-14(2)15-6-8-16(9-7-15)17(13-21)10-11-22-19-5-3-4-18(20)12-19/h3-9,12,14,17H,10-11,13,21H2,1-2H3. The van der Waals surface area contributed by atoms with Gasteiger partial charge < -0.3 is 10.5 Å². The zero-order chi connectivity index (χ0) is 15.9. The maximum atomic E-state index is 5.95. The second-order valence-electron chi connectivity index (χ2n) is 5.85. The molecule has 0 saturated carbocycles. The average Bonchev–Trinajstić information content (AvgIpc) is 2.52. The first-order valence-electron chi connectivity index (χ1n) is 7.78. The summed E-state index contributed by atoms with van der Waals surface area (Å²) in [4.78, 5) is 0. The fraction of sp³-hybridized carbons (Fsp3) is 0.368. The van der Waals surface area contributed by atoms with Gasteiger partial charge in [-0.1, -0.05) is 55.8 Å². The number of hydrogen-bond donors (Lipinski definition) is 1. The highest BCUT2D eigenvalue weighted by molar-refractivity contribution is 6.30. The SMILES string of the molecule is CC(C)c1ccc(C(CN)CCOc2cccc(Cl)c2)cc1. The lowest BCUT2D eigenvalue weighted by Crippen LogP contribution is -2.15. The highest BCUT2D eigenvalue weighted by Crippen LogP contribution is 2.23. The van der Waals surface area contributed by atoms with E-state index < -0.39 is 0 Å².